The van der Waals surface area contributed by atoms with E-state index >= 15 is 0 Å². The third-order valence-corrected chi connectivity index (χ3v) is 7.43. The summed E-state index contributed by atoms with van der Waals surface area (Å²) in [7, 11) is -2.62. The van der Waals surface area contributed by atoms with Gasteiger partial charge < -0.3 is 15.0 Å². The van der Waals surface area contributed by atoms with Crippen molar-refractivity contribution in [3.63, 3.8) is 0 Å². The molecule has 4 aromatic rings. The maximum atomic E-state index is 13.4. The molecule has 11 heteroatoms. The molecule has 0 spiro atoms. The van der Waals surface area contributed by atoms with Crippen molar-refractivity contribution in [3.8, 4) is 0 Å². The molecule has 0 aliphatic heterocycles. The molecule has 0 radical (unpaired) electrons. The van der Waals surface area contributed by atoms with Crippen LogP contribution in [0.5, 0.6) is 0 Å². The summed E-state index contributed by atoms with van der Waals surface area (Å²) >= 11 is 12.0. The van der Waals surface area contributed by atoms with E-state index in [1.165, 1.54) is 30.3 Å². The number of aromatic nitrogens is 1. The average molecular weight is 532 g/mol. The van der Waals surface area contributed by atoms with Crippen LogP contribution in [-0.4, -0.2) is 36.5 Å². The minimum Gasteiger partial charge on any atom is -0.480 e. The lowest BCUT2D eigenvalue weighted by Crippen LogP contribution is -2.35. The number of carboxylic acids is 1. The number of carbonyl (C=O) groups is 2. The van der Waals surface area contributed by atoms with E-state index in [4.69, 9.17) is 23.2 Å². The summed E-state index contributed by atoms with van der Waals surface area (Å²) < 4.78 is 29.2. The number of rotatable bonds is 7. The van der Waals surface area contributed by atoms with Crippen molar-refractivity contribution in [3.05, 3.63) is 88.5 Å². The fraction of sp³-hybridized carbons (Fsp3) is 0.0833. The van der Waals surface area contributed by atoms with Gasteiger partial charge in [0.15, 0.2) is 0 Å². The van der Waals surface area contributed by atoms with Crippen molar-refractivity contribution in [2.24, 2.45) is 7.05 Å². The Hall–Kier alpha value is -3.53. The second-order valence-corrected chi connectivity index (χ2v) is 10.4. The first-order valence-corrected chi connectivity index (χ1v) is 12.4. The van der Waals surface area contributed by atoms with Crippen LogP contribution in [0.3, 0.4) is 0 Å². The number of halogens is 2. The van der Waals surface area contributed by atoms with Gasteiger partial charge in [-0.1, -0.05) is 41.4 Å². The highest BCUT2D eigenvalue weighted by atomic mass is 35.5. The molecule has 0 saturated heterocycles. The molecule has 1 aromatic heterocycles. The molecule has 35 heavy (non-hydrogen) atoms. The fourth-order valence-corrected chi connectivity index (χ4v) is 5.80. The third kappa shape index (κ3) is 5.12. The molecule has 0 bridgehead atoms. The normalized spacial score (nSPS) is 11.4. The molecule has 180 valence electrons. The number of aliphatic carboxylic acids is 1. The van der Waals surface area contributed by atoms with E-state index in [-0.39, 0.29) is 26.5 Å². The zero-order valence-electron chi connectivity index (χ0n) is 18.3. The zero-order chi connectivity index (χ0) is 25.3. The minimum atomic E-state index is -4.33. The SMILES string of the molecule is Cn1cc(C(=O)Nc2ccccc2)c2ccc(N(CC(=O)O)S(=O)(=O)c3cc(Cl)cc(Cl)c3)cc21. The number of carboxylic acid groups (broad SMARTS) is 1. The first-order valence-electron chi connectivity index (χ1n) is 10.2. The molecule has 0 atom stereocenters. The first-order chi connectivity index (χ1) is 16.6. The lowest BCUT2D eigenvalue weighted by Gasteiger charge is -2.23. The highest BCUT2D eigenvalue weighted by molar-refractivity contribution is 7.92. The van der Waals surface area contributed by atoms with Crippen molar-refractivity contribution >= 4 is 67.4 Å². The summed E-state index contributed by atoms with van der Waals surface area (Å²) in [6.07, 6.45) is 1.62. The molecule has 0 fully saturated rings. The lowest BCUT2D eigenvalue weighted by atomic mass is 10.1. The van der Waals surface area contributed by atoms with Crippen molar-refractivity contribution in [1.82, 2.24) is 4.57 Å². The van der Waals surface area contributed by atoms with Gasteiger partial charge in [-0.2, -0.15) is 0 Å². The van der Waals surface area contributed by atoms with Crippen LogP contribution >= 0.6 is 23.2 Å². The van der Waals surface area contributed by atoms with E-state index < -0.39 is 22.5 Å². The molecule has 1 heterocycles. The largest absolute Gasteiger partial charge is 0.480 e. The molecular weight excluding hydrogens is 513 g/mol. The molecule has 2 N–H and O–H groups in total. The van der Waals surface area contributed by atoms with Crippen LogP contribution in [-0.2, 0) is 21.9 Å². The number of hydrogen-bond donors (Lipinski definition) is 2. The predicted molar refractivity (Wildman–Crippen MR) is 136 cm³/mol. The van der Waals surface area contributed by atoms with Gasteiger partial charge in [0.2, 0.25) is 0 Å². The average Bonchev–Trinajstić information content (AvgIpc) is 3.13. The molecule has 0 aliphatic rings. The Balaban J connectivity index is 1.77. The van der Waals surface area contributed by atoms with Gasteiger partial charge in [0.1, 0.15) is 6.54 Å². The first kappa shape index (κ1) is 24.6. The number of anilines is 2. The molecule has 0 unspecified atom stereocenters. The molecule has 0 saturated carbocycles. The van der Waals surface area contributed by atoms with Crippen LogP contribution in [0, 0.1) is 0 Å². The summed E-state index contributed by atoms with van der Waals surface area (Å²) in [5, 5.41) is 13.0. The van der Waals surface area contributed by atoms with E-state index in [0.717, 1.165) is 4.31 Å². The zero-order valence-corrected chi connectivity index (χ0v) is 20.6. The summed E-state index contributed by atoms with van der Waals surface area (Å²) in [6, 6.07) is 17.3. The Labute approximate surface area is 211 Å². The van der Waals surface area contributed by atoms with E-state index in [1.807, 2.05) is 6.07 Å². The summed E-state index contributed by atoms with van der Waals surface area (Å²) in [5.41, 5.74) is 1.65. The van der Waals surface area contributed by atoms with Crippen LogP contribution < -0.4 is 9.62 Å². The highest BCUT2D eigenvalue weighted by Gasteiger charge is 2.28. The Morgan fingerprint density at radius 1 is 1.00 bits per heavy atom. The Morgan fingerprint density at radius 2 is 1.66 bits per heavy atom. The number of aryl methyl sites for hydroxylation is 1. The number of benzene rings is 3. The molecule has 0 aliphatic carbocycles. The summed E-state index contributed by atoms with van der Waals surface area (Å²) in [6.45, 7) is -0.830. The molecule has 1 amide bonds. The van der Waals surface area contributed by atoms with Gasteiger partial charge in [0.25, 0.3) is 15.9 Å². The van der Waals surface area contributed by atoms with E-state index in [2.05, 4.69) is 5.32 Å². The number of amides is 1. The molecule has 4 rings (SSSR count). The number of hydrogen-bond acceptors (Lipinski definition) is 4. The second-order valence-electron chi connectivity index (χ2n) is 7.69. The number of fused-ring (bicyclic) bond motifs is 1. The van der Waals surface area contributed by atoms with Gasteiger partial charge in [-0.05, 0) is 48.5 Å². The fourth-order valence-electron chi connectivity index (χ4n) is 3.67. The van der Waals surface area contributed by atoms with Gasteiger partial charge in [0, 0.05) is 34.4 Å². The Kier molecular flexibility index (Phi) is 6.75. The maximum absolute atomic E-state index is 13.4. The van der Waals surface area contributed by atoms with Gasteiger partial charge in [-0.3, -0.25) is 13.9 Å². The lowest BCUT2D eigenvalue weighted by molar-refractivity contribution is -0.135. The van der Waals surface area contributed by atoms with Crippen LogP contribution in [0.25, 0.3) is 10.9 Å². The standard InChI is InChI=1S/C24H19Cl2N3O5S/c1-28-13-21(24(32)27-17-5-3-2-4-6-17)20-8-7-18(12-22(20)28)29(14-23(30)31)35(33,34)19-10-15(25)9-16(26)11-19/h2-13H,14H2,1H3,(H,27,32)(H,30,31). The van der Waals surface area contributed by atoms with Crippen LogP contribution in [0.1, 0.15) is 10.4 Å². The number of nitrogens with one attached hydrogen (secondary N) is 1. The van der Waals surface area contributed by atoms with Crippen LogP contribution in [0.15, 0.2) is 77.8 Å². The van der Waals surface area contributed by atoms with Gasteiger partial charge in [-0.25, -0.2) is 8.42 Å². The number of nitrogens with zero attached hydrogens (tertiary/aromatic N) is 2. The smallest absolute Gasteiger partial charge is 0.324 e. The summed E-state index contributed by atoms with van der Waals surface area (Å²) in [5.74, 6) is -1.69. The Bertz CT molecular complexity index is 1530. The van der Waals surface area contributed by atoms with Gasteiger partial charge in [-0.15, -0.1) is 0 Å². The van der Waals surface area contributed by atoms with Crippen molar-refractivity contribution in [2.75, 3.05) is 16.2 Å². The van der Waals surface area contributed by atoms with E-state index in [1.54, 1.807) is 48.1 Å². The molecule has 8 nitrogen and oxygen atoms in total. The number of sulfonamides is 1. The van der Waals surface area contributed by atoms with Crippen LogP contribution in [0.4, 0.5) is 11.4 Å². The van der Waals surface area contributed by atoms with Gasteiger partial charge >= 0.3 is 5.97 Å². The third-order valence-electron chi connectivity index (χ3n) is 5.24. The monoisotopic (exact) mass is 531 g/mol. The van der Waals surface area contributed by atoms with E-state index in [9.17, 15) is 23.1 Å². The van der Waals surface area contributed by atoms with Crippen molar-refractivity contribution < 1.29 is 23.1 Å². The number of carbonyl (C=O) groups excluding carboxylic acids is 1. The maximum Gasteiger partial charge on any atom is 0.324 e. The highest BCUT2D eigenvalue weighted by Crippen LogP contribution is 2.31. The van der Waals surface area contributed by atoms with E-state index in [0.29, 0.717) is 22.2 Å². The topological polar surface area (TPSA) is 109 Å². The van der Waals surface area contributed by atoms with Crippen LogP contribution in [0.2, 0.25) is 10.0 Å². The Morgan fingerprint density at radius 3 is 2.29 bits per heavy atom. The number of para-hydroxylation sites is 1. The molecular formula is C24H19Cl2N3O5S. The predicted octanol–water partition coefficient (Wildman–Crippen LogP) is 5.02. The van der Waals surface area contributed by atoms with Crippen molar-refractivity contribution in [2.45, 2.75) is 4.90 Å². The quantitative estimate of drug-likeness (QED) is 0.348. The molecule has 3 aromatic carbocycles. The summed E-state index contributed by atoms with van der Waals surface area (Å²) in [4.78, 5) is 24.2. The van der Waals surface area contributed by atoms with Gasteiger partial charge in [0.05, 0.1) is 21.7 Å². The minimum absolute atomic E-state index is 0.0957. The second kappa shape index (κ2) is 9.61. The van der Waals surface area contributed by atoms with Crippen molar-refractivity contribution in [1.29, 1.82) is 0 Å².